The minimum atomic E-state index is -1.82. The maximum atomic E-state index is 9.10. The molecule has 1 aliphatic rings. The first-order chi connectivity index (χ1) is 8.50. The highest BCUT2D eigenvalue weighted by atomic mass is 16.5. The van der Waals surface area contributed by atoms with Gasteiger partial charge in [0, 0.05) is 12.6 Å². The molecule has 0 bridgehead atoms. The van der Waals surface area contributed by atoms with Crippen LogP contribution < -0.4 is 5.32 Å². The van der Waals surface area contributed by atoms with Gasteiger partial charge >= 0.3 is 11.9 Å². The molecule has 98 valence electrons. The van der Waals surface area contributed by atoms with Crippen LogP contribution in [0.2, 0.25) is 0 Å². The largest absolute Gasteiger partial charge is 0.473 e. The summed E-state index contributed by atoms with van der Waals surface area (Å²) in [7, 11) is 0. The molecule has 7 heteroatoms. The van der Waals surface area contributed by atoms with Crippen molar-refractivity contribution in [2.45, 2.75) is 13.3 Å². The summed E-state index contributed by atoms with van der Waals surface area (Å²) < 4.78 is 5.00. The van der Waals surface area contributed by atoms with Gasteiger partial charge in [0.15, 0.2) is 0 Å². The lowest BCUT2D eigenvalue weighted by molar-refractivity contribution is -0.159. The predicted molar refractivity (Wildman–Crippen MR) is 62.0 cm³/mol. The van der Waals surface area contributed by atoms with Gasteiger partial charge in [-0.1, -0.05) is 11.2 Å². The lowest BCUT2D eigenvalue weighted by Crippen LogP contribution is -2.21. The van der Waals surface area contributed by atoms with Gasteiger partial charge in [0.25, 0.3) is 0 Å². The zero-order valence-electron chi connectivity index (χ0n) is 9.84. The number of carbonyl (C=O) groups is 2. The minimum absolute atomic E-state index is 0.872. The normalized spacial score (nSPS) is 14.2. The Kier molecular flexibility index (Phi) is 5.06. The van der Waals surface area contributed by atoms with Gasteiger partial charge in [-0.05, 0) is 25.5 Å². The molecule has 0 aromatic carbocycles. The molecular formula is C11H14N2O5. The van der Waals surface area contributed by atoms with Crippen molar-refractivity contribution >= 4 is 17.5 Å². The van der Waals surface area contributed by atoms with Crippen molar-refractivity contribution in [2.24, 2.45) is 0 Å². The molecule has 2 heterocycles. The average Bonchev–Trinajstić information content (AvgIpc) is 2.78. The molecule has 0 fully saturated rings. The van der Waals surface area contributed by atoms with Gasteiger partial charge in [0.1, 0.15) is 11.5 Å². The van der Waals surface area contributed by atoms with Crippen molar-refractivity contribution in [3.8, 4) is 0 Å². The fourth-order valence-corrected chi connectivity index (χ4v) is 1.36. The van der Waals surface area contributed by atoms with Gasteiger partial charge < -0.3 is 20.1 Å². The Bertz CT molecular complexity index is 452. The van der Waals surface area contributed by atoms with Crippen molar-refractivity contribution < 1.29 is 24.3 Å². The van der Waals surface area contributed by atoms with Crippen LogP contribution in [-0.2, 0) is 9.59 Å². The van der Waals surface area contributed by atoms with Crippen molar-refractivity contribution in [1.82, 2.24) is 10.5 Å². The standard InChI is InChI=1S/C9H12N2O.C2H2O4/c1-7-5-9(11-12-7)8-3-2-4-10-6-8;3-1(4)2(5)6/h3,5,10H,2,4,6H2,1H3;(H,3,4)(H,5,6). The number of carboxylic acids is 2. The Labute approximate surface area is 103 Å². The number of carboxylic acid groups (broad SMARTS) is 2. The van der Waals surface area contributed by atoms with Crippen LogP contribution in [0.5, 0.6) is 0 Å². The van der Waals surface area contributed by atoms with Gasteiger partial charge in [-0.2, -0.15) is 0 Å². The van der Waals surface area contributed by atoms with Crippen LogP contribution in [0.15, 0.2) is 16.7 Å². The molecule has 1 aliphatic heterocycles. The van der Waals surface area contributed by atoms with E-state index in [2.05, 4.69) is 16.5 Å². The molecule has 0 aliphatic carbocycles. The molecule has 3 N–H and O–H groups in total. The van der Waals surface area contributed by atoms with Gasteiger partial charge in [-0.3, -0.25) is 0 Å². The predicted octanol–water partition coefficient (Wildman–Crippen LogP) is 0.515. The Balaban J connectivity index is 0.000000232. The summed E-state index contributed by atoms with van der Waals surface area (Å²) in [5.41, 5.74) is 2.22. The number of aliphatic carboxylic acids is 2. The second kappa shape index (κ2) is 6.55. The van der Waals surface area contributed by atoms with E-state index in [0.717, 1.165) is 31.0 Å². The first-order valence-corrected chi connectivity index (χ1v) is 5.30. The lowest BCUT2D eigenvalue weighted by atomic mass is 10.1. The number of rotatable bonds is 1. The Hall–Kier alpha value is -2.15. The van der Waals surface area contributed by atoms with E-state index in [1.807, 2.05) is 13.0 Å². The summed E-state index contributed by atoms with van der Waals surface area (Å²) in [4.78, 5) is 18.2. The number of hydrogen-bond donors (Lipinski definition) is 3. The summed E-state index contributed by atoms with van der Waals surface area (Å²) in [5.74, 6) is -2.78. The van der Waals surface area contributed by atoms with E-state index < -0.39 is 11.9 Å². The third-order valence-electron chi connectivity index (χ3n) is 2.17. The van der Waals surface area contributed by atoms with Crippen LogP contribution >= 0.6 is 0 Å². The molecule has 0 amide bonds. The molecule has 0 atom stereocenters. The SMILES string of the molecule is Cc1cc(C2=CCCNC2)no1.O=C(O)C(=O)O. The summed E-state index contributed by atoms with van der Waals surface area (Å²) >= 11 is 0. The third kappa shape index (κ3) is 4.38. The molecule has 0 radical (unpaired) electrons. The summed E-state index contributed by atoms with van der Waals surface area (Å²) in [6, 6.07) is 1.97. The van der Waals surface area contributed by atoms with Crippen molar-refractivity contribution in [3.63, 3.8) is 0 Å². The van der Waals surface area contributed by atoms with Gasteiger partial charge in [-0.15, -0.1) is 0 Å². The molecular weight excluding hydrogens is 240 g/mol. The maximum Gasteiger partial charge on any atom is 0.414 e. The lowest BCUT2D eigenvalue weighted by Gasteiger charge is -2.10. The van der Waals surface area contributed by atoms with E-state index in [9.17, 15) is 0 Å². The van der Waals surface area contributed by atoms with Crippen molar-refractivity contribution in [3.05, 3.63) is 23.6 Å². The molecule has 0 spiro atoms. The number of nitrogens with one attached hydrogen (secondary N) is 1. The smallest absolute Gasteiger partial charge is 0.414 e. The van der Waals surface area contributed by atoms with Crippen LogP contribution in [0.4, 0.5) is 0 Å². The van der Waals surface area contributed by atoms with E-state index in [1.54, 1.807) is 0 Å². The van der Waals surface area contributed by atoms with Crippen LogP contribution in [0.25, 0.3) is 5.57 Å². The molecule has 18 heavy (non-hydrogen) atoms. The van der Waals surface area contributed by atoms with Crippen LogP contribution in [0, 0.1) is 6.92 Å². The van der Waals surface area contributed by atoms with E-state index in [0.29, 0.717) is 0 Å². The maximum absolute atomic E-state index is 9.10. The molecule has 1 aromatic heterocycles. The van der Waals surface area contributed by atoms with E-state index in [1.165, 1.54) is 5.57 Å². The fraction of sp³-hybridized carbons (Fsp3) is 0.364. The second-order valence-electron chi connectivity index (χ2n) is 3.63. The molecule has 0 saturated carbocycles. The summed E-state index contributed by atoms with van der Waals surface area (Å²) in [6.45, 7) is 3.89. The zero-order valence-corrected chi connectivity index (χ0v) is 9.84. The Morgan fingerprint density at radius 3 is 2.44 bits per heavy atom. The minimum Gasteiger partial charge on any atom is -0.473 e. The number of nitrogens with zero attached hydrogens (tertiary/aromatic N) is 1. The number of hydrogen-bond acceptors (Lipinski definition) is 5. The van der Waals surface area contributed by atoms with Crippen molar-refractivity contribution in [2.75, 3.05) is 13.1 Å². The zero-order chi connectivity index (χ0) is 13.5. The first kappa shape index (κ1) is 13.9. The van der Waals surface area contributed by atoms with Gasteiger partial charge in [0.2, 0.25) is 0 Å². The molecule has 2 rings (SSSR count). The third-order valence-corrected chi connectivity index (χ3v) is 2.17. The molecule has 7 nitrogen and oxygen atoms in total. The Morgan fingerprint density at radius 2 is 2.06 bits per heavy atom. The second-order valence-corrected chi connectivity index (χ2v) is 3.63. The highest BCUT2D eigenvalue weighted by Crippen LogP contribution is 2.15. The van der Waals surface area contributed by atoms with Gasteiger partial charge in [-0.25, -0.2) is 9.59 Å². The van der Waals surface area contributed by atoms with E-state index >= 15 is 0 Å². The Morgan fingerprint density at radius 1 is 1.39 bits per heavy atom. The number of aryl methyl sites for hydroxylation is 1. The quantitative estimate of drug-likeness (QED) is 0.626. The van der Waals surface area contributed by atoms with Crippen molar-refractivity contribution in [1.29, 1.82) is 0 Å². The van der Waals surface area contributed by atoms with Crippen LogP contribution in [0.3, 0.4) is 0 Å². The monoisotopic (exact) mass is 254 g/mol. The highest BCUT2D eigenvalue weighted by molar-refractivity contribution is 6.27. The molecule has 0 saturated heterocycles. The summed E-state index contributed by atoms with van der Waals surface area (Å²) in [6.07, 6.45) is 3.30. The highest BCUT2D eigenvalue weighted by Gasteiger charge is 2.08. The fourth-order valence-electron chi connectivity index (χ4n) is 1.36. The molecule has 0 unspecified atom stereocenters. The van der Waals surface area contributed by atoms with Gasteiger partial charge in [0.05, 0.1) is 0 Å². The molecule has 1 aromatic rings. The average molecular weight is 254 g/mol. The first-order valence-electron chi connectivity index (χ1n) is 5.30. The van der Waals surface area contributed by atoms with E-state index in [-0.39, 0.29) is 0 Å². The van der Waals surface area contributed by atoms with Crippen LogP contribution in [0.1, 0.15) is 17.9 Å². The number of aromatic nitrogens is 1. The topological polar surface area (TPSA) is 113 Å². The van der Waals surface area contributed by atoms with Crippen LogP contribution in [-0.4, -0.2) is 40.4 Å². The van der Waals surface area contributed by atoms with E-state index in [4.69, 9.17) is 24.3 Å². The summed E-state index contributed by atoms with van der Waals surface area (Å²) in [5, 5.41) is 22.0.